The zero-order valence-corrected chi connectivity index (χ0v) is 21.5. The summed E-state index contributed by atoms with van der Waals surface area (Å²) in [5.74, 6) is 0.476. The van der Waals surface area contributed by atoms with Crippen molar-refractivity contribution >= 4 is 21.6 Å². The van der Waals surface area contributed by atoms with Gasteiger partial charge in [-0.25, -0.2) is 8.42 Å². The molecule has 9 heteroatoms. The van der Waals surface area contributed by atoms with Crippen molar-refractivity contribution in [2.24, 2.45) is 0 Å². The molecule has 0 unspecified atom stereocenters. The van der Waals surface area contributed by atoms with Crippen LogP contribution in [0.5, 0.6) is 0 Å². The Labute approximate surface area is 211 Å². The number of nitrogens with one attached hydrogen (secondary N) is 1. The Balaban J connectivity index is 1.43. The van der Waals surface area contributed by atoms with Crippen LogP contribution in [0.4, 0.5) is 5.69 Å². The van der Waals surface area contributed by atoms with Crippen molar-refractivity contribution in [2.75, 3.05) is 10.6 Å². The Hall–Kier alpha value is -3.98. The minimum absolute atomic E-state index is 0.0912. The highest BCUT2D eigenvalue weighted by atomic mass is 32.2. The summed E-state index contributed by atoms with van der Waals surface area (Å²) in [6.45, 7) is 6.00. The molecule has 3 aromatic carbocycles. The third kappa shape index (κ3) is 5.63. The van der Waals surface area contributed by atoms with E-state index in [-0.39, 0.29) is 19.0 Å². The fourth-order valence-corrected chi connectivity index (χ4v) is 5.01. The molecule has 0 saturated carbocycles. The van der Waals surface area contributed by atoms with Crippen LogP contribution in [0, 0.1) is 20.8 Å². The zero-order valence-electron chi connectivity index (χ0n) is 20.6. The first-order valence-electron chi connectivity index (χ1n) is 11.4. The number of rotatable bonds is 8. The van der Waals surface area contributed by atoms with E-state index < -0.39 is 10.0 Å². The Morgan fingerprint density at radius 1 is 0.917 bits per heavy atom. The lowest BCUT2D eigenvalue weighted by Gasteiger charge is -2.26. The predicted octanol–water partition coefficient (Wildman–Crippen LogP) is 4.56. The van der Waals surface area contributed by atoms with Crippen LogP contribution in [0.3, 0.4) is 0 Å². The largest absolute Gasteiger partial charge is 0.343 e. The molecule has 0 aliphatic carbocycles. The van der Waals surface area contributed by atoms with E-state index >= 15 is 0 Å². The Morgan fingerprint density at radius 2 is 1.56 bits per heavy atom. The van der Waals surface area contributed by atoms with Gasteiger partial charge in [-0.05, 0) is 55.2 Å². The zero-order chi connectivity index (χ0) is 25.9. The number of para-hydroxylation sites is 1. The minimum Gasteiger partial charge on any atom is -0.343 e. The molecule has 4 aromatic rings. The Kier molecular flexibility index (Phi) is 7.21. The number of hydrogen-bond donors (Lipinski definition) is 1. The number of aryl methyl sites for hydroxylation is 3. The van der Waals surface area contributed by atoms with Crippen LogP contribution in [-0.4, -0.2) is 30.7 Å². The second-order valence-corrected chi connectivity index (χ2v) is 10.6. The molecule has 1 amide bonds. The van der Waals surface area contributed by atoms with Crippen molar-refractivity contribution in [1.82, 2.24) is 15.5 Å². The van der Waals surface area contributed by atoms with Gasteiger partial charge in [0, 0.05) is 11.1 Å². The fraction of sp³-hybridized carbons (Fsp3) is 0.222. The van der Waals surface area contributed by atoms with Gasteiger partial charge in [-0.15, -0.1) is 0 Å². The highest BCUT2D eigenvalue weighted by Crippen LogP contribution is 2.28. The van der Waals surface area contributed by atoms with E-state index in [0.29, 0.717) is 23.0 Å². The molecule has 36 heavy (non-hydrogen) atoms. The lowest BCUT2D eigenvalue weighted by atomic mass is 10.1. The molecule has 0 fully saturated rings. The van der Waals surface area contributed by atoms with Gasteiger partial charge in [-0.2, -0.15) is 4.98 Å². The minimum atomic E-state index is -3.52. The van der Waals surface area contributed by atoms with E-state index in [2.05, 4.69) is 15.5 Å². The van der Waals surface area contributed by atoms with Crippen molar-refractivity contribution in [3.05, 3.63) is 100 Å². The van der Waals surface area contributed by atoms with E-state index in [0.717, 1.165) is 27.8 Å². The summed E-state index contributed by atoms with van der Waals surface area (Å²) in [5, 5.41) is 6.78. The standard InChI is InChI=1S/C27H28N4O4S/c1-18-8-5-6-11-23(18)26-29-24(35-30-26)16-28-27(32)22-14-12-21(13-15-22)17-31(36(4,33)34)25-19(2)9-7-10-20(25)3/h5-15H,16-17H2,1-4H3,(H,28,32). The molecule has 0 aliphatic heterocycles. The van der Waals surface area contributed by atoms with E-state index in [4.69, 9.17) is 4.52 Å². The summed E-state index contributed by atoms with van der Waals surface area (Å²) >= 11 is 0. The molecule has 1 heterocycles. The lowest BCUT2D eigenvalue weighted by molar-refractivity contribution is 0.0946. The van der Waals surface area contributed by atoms with Crippen LogP contribution in [0.25, 0.3) is 11.4 Å². The molecule has 4 rings (SSSR count). The van der Waals surface area contributed by atoms with Crippen molar-refractivity contribution in [3.63, 3.8) is 0 Å². The number of carbonyl (C=O) groups is 1. The molecular weight excluding hydrogens is 476 g/mol. The number of amides is 1. The van der Waals surface area contributed by atoms with Crippen molar-refractivity contribution < 1.29 is 17.7 Å². The Bertz CT molecular complexity index is 1470. The van der Waals surface area contributed by atoms with Gasteiger partial charge < -0.3 is 9.84 Å². The van der Waals surface area contributed by atoms with E-state index in [9.17, 15) is 13.2 Å². The number of anilines is 1. The van der Waals surface area contributed by atoms with Gasteiger partial charge in [0.15, 0.2) is 0 Å². The number of hydrogen-bond acceptors (Lipinski definition) is 6. The summed E-state index contributed by atoms with van der Waals surface area (Å²) in [6.07, 6.45) is 1.20. The molecule has 0 atom stereocenters. The molecule has 8 nitrogen and oxygen atoms in total. The van der Waals surface area contributed by atoms with Gasteiger partial charge in [0.25, 0.3) is 5.91 Å². The summed E-state index contributed by atoms with van der Waals surface area (Å²) in [6, 6.07) is 20.2. The molecule has 0 saturated heterocycles. The van der Waals surface area contributed by atoms with Crippen molar-refractivity contribution in [2.45, 2.75) is 33.9 Å². The van der Waals surface area contributed by atoms with Gasteiger partial charge in [0.05, 0.1) is 25.0 Å². The first-order valence-corrected chi connectivity index (χ1v) is 13.3. The first kappa shape index (κ1) is 25.1. The fourth-order valence-electron chi connectivity index (χ4n) is 4.01. The first-order chi connectivity index (χ1) is 17.1. The van der Waals surface area contributed by atoms with Gasteiger partial charge in [-0.3, -0.25) is 9.10 Å². The van der Waals surface area contributed by atoms with E-state index in [1.165, 1.54) is 10.6 Å². The molecule has 1 N–H and O–H groups in total. The highest BCUT2D eigenvalue weighted by molar-refractivity contribution is 7.92. The van der Waals surface area contributed by atoms with Crippen LogP contribution in [0.15, 0.2) is 71.3 Å². The Morgan fingerprint density at radius 3 is 2.19 bits per heavy atom. The van der Waals surface area contributed by atoms with Crippen LogP contribution in [-0.2, 0) is 23.1 Å². The second-order valence-electron chi connectivity index (χ2n) is 8.72. The number of benzene rings is 3. The van der Waals surface area contributed by atoms with Gasteiger partial charge in [-0.1, -0.05) is 59.8 Å². The van der Waals surface area contributed by atoms with Crippen molar-refractivity contribution in [1.29, 1.82) is 0 Å². The topological polar surface area (TPSA) is 105 Å². The summed E-state index contributed by atoms with van der Waals surface area (Å²) in [4.78, 5) is 17.0. The van der Waals surface area contributed by atoms with Gasteiger partial charge >= 0.3 is 0 Å². The average Bonchev–Trinajstić information content (AvgIpc) is 3.30. The summed E-state index contributed by atoms with van der Waals surface area (Å²) in [5.41, 5.74) is 5.53. The van der Waals surface area contributed by atoms with Crippen LogP contribution < -0.4 is 9.62 Å². The van der Waals surface area contributed by atoms with Crippen LogP contribution >= 0.6 is 0 Å². The lowest BCUT2D eigenvalue weighted by Crippen LogP contribution is -2.30. The van der Waals surface area contributed by atoms with Gasteiger partial charge in [0.1, 0.15) is 0 Å². The smallest absolute Gasteiger partial charge is 0.251 e. The van der Waals surface area contributed by atoms with Gasteiger partial charge in [0.2, 0.25) is 21.7 Å². The van der Waals surface area contributed by atoms with Crippen LogP contribution in [0.1, 0.15) is 38.5 Å². The quantitative estimate of drug-likeness (QED) is 0.377. The normalized spacial score (nSPS) is 11.3. The third-order valence-corrected chi connectivity index (χ3v) is 7.00. The molecule has 0 aliphatic rings. The molecule has 1 aromatic heterocycles. The molecule has 0 bridgehead atoms. The molecule has 186 valence electrons. The SMILES string of the molecule is Cc1ccccc1-c1noc(CNC(=O)c2ccc(CN(c3c(C)cccc3C)S(C)(=O)=O)cc2)n1. The number of aromatic nitrogens is 2. The maximum Gasteiger partial charge on any atom is 0.251 e. The number of sulfonamides is 1. The highest BCUT2D eigenvalue weighted by Gasteiger charge is 2.21. The van der Waals surface area contributed by atoms with Crippen molar-refractivity contribution in [3.8, 4) is 11.4 Å². The second kappa shape index (κ2) is 10.3. The monoisotopic (exact) mass is 504 g/mol. The molecule has 0 radical (unpaired) electrons. The predicted molar refractivity (Wildman–Crippen MR) is 139 cm³/mol. The van der Waals surface area contributed by atoms with E-state index in [1.54, 1.807) is 24.3 Å². The number of carbonyl (C=O) groups excluding carboxylic acids is 1. The van der Waals surface area contributed by atoms with Crippen LogP contribution in [0.2, 0.25) is 0 Å². The maximum atomic E-state index is 12.6. The van der Waals surface area contributed by atoms with E-state index in [1.807, 2.05) is 63.2 Å². The summed E-state index contributed by atoms with van der Waals surface area (Å²) < 4.78 is 31.9. The third-order valence-electron chi connectivity index (χ3n) is 5.89. The summed E-state index contributed by atoms with van der Waals surface area (Å²) in [7, 11) is -3.52. The average molecular weight is 505 g/mol. The molecule has 0 spiro atoms. The molecular formula is C27H28N4O4S. The maximum absolute atomic E-state index is 12.6. The number of nitrogens with zero attached hydrogens (tertiary/aromatic N) is 3.